The van der Waals surface area contributed by atoms with Crippen molar-refractivity contribution in [3.05, 3.63) is 24.0 Å². The van der Waals surface area contributed by atoms with Gasteiger partial charge < -0.3 is 9.30 Å². The number of imidazole rings is 1. The third-order valence-corrected chi connectivity index (χ3v) is 4.16. The van der Waals surface area contributed by atoms with Crippen LogP contribution in [0.25, 0.3) is 11.0 Å². The molecule has 0 aliphatic rings. The van der Waals surface area contributed by atoms with E-state index in [1.54, 1.807) is 0 Å². The van der Waals surface area contributed by atoms with Crippen LogP contribution in [0.2, 0.25) is 0 Å². The Morgan fingerprint density at radius 2 is 2.05 bits per heavy atom. The van der Waals surface area contributed by atoms with E-state index in [-0.39, 0.29) is 5.54 Å². The molecular formula is C17H25ClN2O. The quantitative estimate of drug-likeness (QED) is 0.690. The Balaban J connectivity index is 2.62. The second-order valence-electron chi connectivity index (χ2n) is 5.94. The first-order valence-electron chi connectivity index (χ1n) is 7.74. The molecule has 0 bridgehead atoms. The minimum absolute atomic E-state index is 0.0134. The number of hydrogen-bond acceptors (Lipinski definition) is 2. The van der Waals surface area contributed by atoms with E-state index in [2.05, 4.69) is 38.3 Å². The van der Waals surface area contributed by atoms with E-state index in [4.69, 9.17) is 21.3 Å². The SMILES string of the molecule is CCCOc1cccc2c1nc(CCCl)n2C(C)(C)CC. The summed E-state index contributed by atoms with van der Waals surface area (Å²) in [5.41, 5.74) is 2.10. The Morgan fingerprint density at radius 3 is 2.67 bits per heavy atom. The zero-order valence-corrected chi connectivity index (χ0v) is 14.2. The predicted molar refractivity (Wildman–Crippen MR) is 89.6 cm³/mol. The van der Waals surface area contributed by atoms with Crippen molar-refractivity contribution in [2.75, 3.05) is 12.5 Å². The fourth-order valence-electron chi connectivity index (χ4n) is 2.54. The normalized spacial score (nSPS) is 12.0. The van der Waals surface area contributed by atoms with Crippen molar-refractivity contribution in [2.45, 2.75) is 52.5 Å². The van der Waals surface area contributed by atoms with Crippen LogP contribution in [0.5, 0.6) is 5.75 Å². The first-order valence-corrected chi connectivity index (χ1v) is 8.28. The molecule has 4 heteroatoms. The summed E-state index contributed by atoms with van der Waals surface area (Å²) in [6.45, 7) is 9.51. The van der Waals surface area contributed by atoms with Gasteiger partial charge in [-0.3, -0.25) is 0 Å². The number of nitrogens with zero attached hydrogens (tertiary/aromatic N) is 2. The van der Waals surface area contributed by atoms with Gasteiger partial charge in [0.1, 0.15) is 17.1 Å². The maximum absolute atomic E-state index is 5.97. The van der Waals surface area contributed by atoms with Gasteiger partial charge in [0.05, 0.1) is 12.1 Å². The highest BCUT2D eigenvalue weighted by Crippen LogP contribution is 2.32. The average molecular weight is 309 g/mol. The molecule has 116 valence electrons. The monoisotopic (exact) mass is 308 g/mol. The average Bonchev–Trinajstić information content (AvgIpc) is 2.84. The molecule has 0 atom stereocenters. The summed E-state index contributed by atoms with van der Waals surface area (Å²) in [4.78, 5) is 4.82. The number of ether oxygens (including phenoxy) is 1. The summed E-state index contributed by atoms with van der Waals surface area (Å²) in [5, 5.41) is 0. The van der Waals surface area contributed by atoms with Crippen molar-refractivity contribution in [3.8, 4) is 5.75 Å². The Morgan fingerprint density at radius 1 is 1.29 bits per heavy atom. The second kappa shape index (κ2) is 6.69. The minimum Gasteiger partial charge on any atom is -0.491 e. The summed E-state index contributed by atoms with van der Waals surface area (Å²) < 4.78 is 8.18. The number of benzene rings is 1. The highest BCUT2D eigenvalue weighted by atomic mass is 35.5. The lowest BCUT2D eigenvalue weighted by Crippen LogP contribution is -2.27. The fourth-order valence-corrected chi connectivity index (χ4v) is 2.70. The van der Waals surface area contributed by atoms with Gasteiger partial charge in [0.15, 0.2) is 0 Å². The molecule has 0 amide bonds. The molecule has 1 aromatic heterocycles. The van der Waals surface area contributed by atoms with Crippen LogP contribution >= 0.6 is 11.6 Å². The van der Waals surface area contributed by atoms with Crippen LogP contribution in [0, 0.1) is 0 Å². The highest BCUT2D eigenvalue weighted by Gasteiger charge is 2.25. The number of halogens is 1. The number of fused-ring (bicyclic) bond motifs is 1. The van der Waals surface area contributed by atoms with Gasteiger partial charge in [-0.25, -0.2) is 4.98 Å². The van der Waals surface area contributed by atoms with Crippen LogP contribution in [-0.4, -0.2) is 22.0 Å². The molecule has 0 aliphatic heterocycles. The van der Waals surface area contributed by atoms with Crippen LogP contribution < -0.4 is 4.74 Å². The molecule has 0 unspecified atom stereocenters. The van der Waals surface area contributed by atoms with Crippen molar-refractivity contribution in [2.24, 2.45) is 0 Å². The first-order chi connectivity index (χ1) is 10.0. The molecule has 2 aromatic rings. The molecule has 2 rings (SSSR count). The number of aryl methyl sites for hydroxylation is 1. The van der Waals surface area contributed by atoms with Gasteiger partial charge in [-0.15, -0.1) is 11.6 Å². The van der Waals surface area contributed by atoms with E-state index in [0.717, 1.165) is 41.9 Å². The van der Waals surface area contributed by atoms with E-state index >= 15 is 0 Å². The van der Waals surface area contributed by atoms with Crippen molar-refractivity contribution in [1.29, 1.82) is 0 Å². The second-order valence-corrected chi connectivity index (χ2v) is 6.32. The summed E-state index contributed by atoms with van der Waals surface area (Å²) in [7, 11) is 0. The largest absolute Gasteiger partial charge is 0.491 e. The lowest BCUT2D eigenvalue weighted by Gasteiger charge is -2.28. The molecule has 0 spiro atoms. The Hall–Kier alpha value is -1.22. The summed E-state index contributed by atoms with van der Waals surface area (Å²) in [5.74, 6) is 2.49. The Kier molecular flexibility index (Phi) is 5.15. The summed E-state index contributed by atoms with van der Waals surface area (Å²) in [6, 6.07) is 6.16. The maximum Gasteiger partial charge on any atom is 0.147 e. The predicted octanol–water partition coefficient (Wildman–Crippen LogP) is 4.75. The molecule has 3 nitrogen and oxygen atoms in total. The van der Waals surface area contributed by atoms with Gasteiger partial charge >= 0.3 is 0 Å². The number of alkyl halides is 1. The Bertz CT molecular complexity index is 604. The summed E-state index contributed by atoms with van der Waals surface area (Å²) in [6.07, 6.45) is 2.80. The molecule has 0 saturated heterocycles. The van der Waals surface area contributed by atoms with E-state index in [1.165, 1.54) is 0 Å². The molecular weight excluding hydrogens is 284 g/mol. The van der Waals surface area contributed by atoms with Gasteiger partial charge in [0.2, 0.25) is 0 Å². The maximum atomic E-state index is 5.97. The Labute approximate surface area is 132 Å². The molecule has 0 N–H and O–H groups in total. The standard InChI is InChI=1S/C17H25ClN2O/c1-5-12-21-14-9-7-8-13-16(14)19-15(10-11-18)20(13)17(3,4)6-2/h7-9H,5-6,10-12H2,1-4H3. The van der Waals surface area contributed by atoms with E-state index < -0.39 is 0 Å². The van der Waals surface area contributed by atoms with Gasteiger partial charge in [-0.2, -0.15) is 0 Å². The van der Waals surface area contributed by atoms with E-state index in [9.17, 15) is 0 Å². The smallest absolute Gasteiger partial charge is 0.147 e. The van der Waals surface area contributed by atoms with Crippen LogP contribution in [0.4, 0.5) is 0 Å². The molecule has 0 fully saturated rings. The van der Waals surface area contributed by atoms with Gasteiger partial charge in [0, 0.05) is 17.8 Å². The van der Waals surface area contributed by atoms with Gasteiger partial charge in [-0.05, 0) is 38.8 Å². The molecule has 0 saturated carbocycles. The lowest BCUT2D eigenvalue weighted by atomic mass is 10.0. The first kappa shape index (κ1) is 16.2. The van der Waals surface area contributed by atoms with Crippen LogP contribution in [0.3, 0.4) is 0 Å². The summed E-state index contributed by atoms with van der Waals surface area (Å²) >= 11 is 5.97. The van der Waals surface area contributed by atoms with E-state index in [0.29, 0.717) is 12.5 Å². The molecule has 21 heavy (non-hydrogen) atoms. The third kappa shape index (κ3) is 3.18. The van der Waals surface area contributed by atoms with Crippen LogP contribution in [-0.2, 0) is 12.0 Å². The van der Waals surface area contributed by atoms with Crippen molar-refractivity contribution >= 4 is 22.6 Å². The molecule has 1 heterocycles. The number of para-hydroxylation sites is 1. The topological polar surface area (TPSA) is 27.1 Å². The van der Waals surface area contributed by atoms with Crippen molar-refractivity contribution in [3.63, 3.8) is 0 Å². The van der Waals surface area contributed by atoms with Crippen molar-refractivity contribution in [1.82, 2.24) is 9.55 Å². The molecule has 0 radical (unpaired) electrons. The zero-order chi connectivity index (χ0) is 15.5. The molecule has 0 aliphatic carbocycles. The molecule has 1 aromatic carbocycles. The highest BCUT2D eigenvalue weighted by molar-refractivity contribution is 6.17. The van der Waals surface area contributed by atoms with E-state index in [1.807, 2.05) is 12.1 Å². The van der Waals surface area contributed by atoms with Crippen LogP contribution in [0.1, 0.15) is 46.4 Å². The minimum atomic E-state index is 0.0134. The number of rotatable bonds is 7. The van der Waals surface area contributed by atoms with Crippen molar-refractivity contribution < 1.29 is 4.74 Å². The fraction of sp³-hybridized carbons (Fsp3) is 0.588. The van der Waals surface area contributed by atoms with Gasteiger partial charge in [-0.1, -0.05) is 19.9 Å². The van der Waals surface area contributed by atoms with Crippen LogP contribution in [0.15, 0.2) is 18.2 Å². The number of aromatic nitrogens is 2. The zero-order valence-electron chi connectivity index (χ0n) is 13.4. The number of hydrogen-bond donors (Lipinski definition) is 0. The third-order valence-electron chi connectivity index (χ3n) is 3.97. The van der Waals surface area contributed by atoms with Gasteiger partial charge in [0.25, 0.3) is 0 Å². The lowest BCUT2D eigenvalue weighted by molar-refractivity contribution is 0.320.